The van der Waals surface area contributed by atoms with Crippen LogP contribution in [0.5, 0.6) is 17.4 Å². The molecule has 0 saturated carbocycles. The van der Waals surface area contributed by atoms with Gasteiger partial charge in [0.05, 0.1) is 27.9 Å². The molecule has 0 unspecified atom stereocenters. The predicted molar refractivity (Wildman–Crippen MR) is 110 cm³/mol. The molecule has 1 N–H and O–H groups in total. The van der Waals surface area contributed by atoms with Crippen molar-refractivity contribution in [3.05, 3.63) is 59.5 Å². The molecule has 1 aromatic carbocycles. The maximum atomic E-state index is 12.6. The molecule has 0 aliphatic heterocycles. The minimum Gasteiger partial charge on any atom is -0.495 e. The lowest BCUT2D eigenvalue weighted by Crippen LogP contribution is -2.18. The fourth-order valence-electron chi connectivity index (χ4n) is 2.77. The molecule has 0 radical (unpaired) electrons. The Balaban J connectivity index is 1.77. The zero-order valence-electron chi connectivity index (χ0n) is 16.6. The third-order valence-electron chi connectivity index (χ3n) is 4.20. The number of rotatable bonds is 8. The molecule has 3 aromatic rings. The van der Waals surface area contributed by atoms with E-state index < -0.39 is 0 Å². The molecule has 0 bridgehead atoms. The molecule has 3 rings (SSSR count). The van der Waals surface area contributed by atoms with Gasteiger partial charge in [-0.2, -0.15) is 5.10 Å². The molecule has 8 nitrogen and oxygen atoms in total. The topological polar surface area (TPSA) is 87.5 Å². The van der Waals surface area contributed by atoms with Crippen LogP contribution in [0.3, 0.4) is 0 Å². The fourth-order valence-corrected chi connectivity index (χ4v) is 3.65. The third kappa shape index (κ3) is 4.62. The van der Waals surface area contributed by atoms with Crippen LogP contribution >= 0.6 is 11.9 Å². The first-order valence-electron chi connectivity index (χ1n) is 8.77. The molecule has 1 amide bonds. The van der Waals surface area contributed by atoms with Crippen LogP contribution in [0, 0.1) is 6.92 Å². The summed E-state index contributed by atoms with van der Waals surface area (Å²) in [5, 5.41) is 4.17. The van der Waals surface area contributed by atoms with E-state index in [4.69, 9.17) is 14.2 Å². The number of aromatic nitrogens is 3. The Hall–Kier alpha value is -3.20. The van der Waals surface area contributed by atoms with Gasteiger partial charge in [0.2, 0.25) is 5.88 Å². The number of hydrogen-bond acceptors (Lipinski definition) is 7. The summed E-state index contributed by atoms with van der Waals surface area (Å²) in [5.41, 5.74) is 2.00. The van der Waals surface area contributed by atoms with Crippen LogP contribution in [0.2, 0.25) is 0 Å². The van der Waals surface area contributed by atoms with Gasteiger partial charge in [0.15, 0.2) is 0 Å². The highest BCUT2D eigenvalue weighted by Crippen LogP contribution is 2.38. The van der Waals surface area contributed by atoms with E-state index in [1.165, 1.54) is 7.11 Å². The molecule has 0 atom stereocenters. The second-order valence-corrected chi connectivity index (χ2v) is 6.87. The summed E-state index contributed by atoms with van der Waals surface area (Å²) in [4.78, 5) is 17.7. The van der Waals surface area contributed by atoms with Crippen molar-refractivity contribution in [2.75, 3.05) is 21.3 Å². The van der Waals surface area contributed by atoms with Crippen LogP contribution in [-0.2, 0) is 6.54 Å². The number of hydrogen-bond donors (Lipinski definition) is 1. The zero-order chi connectivity index (χ0) is 20.8. The van der Waals surface area contributed by atoms with Gasteiger partial charge in [-0.25, -0.2) is 4.98 Å². The summed E-state index contributed by atoms with van der Waals surface area (Å²) in [6.45, 7) is 2.42. The number of nitrogens with zero attached hydrogens (tertiary/aromatic N) is 3. The Labute approximate surface area is 173 Å². The lowest BCUT2D eigenvalue weighted by Gasteiger charge is -2.15. The Morgan fingerprint density at radius 3 is 2.62 bits per heavy atom. The summed E-state index contributed by atoms with van der Waals surface area (Å²) < 4.78 is 20.8. The van der Waals surface area contributed by atoms with Crippen LogP contribution in [0.25, 0.3) is 0 Å². The summed E-state index contributed by atoms with van der Waals surface area (Å²) in [7, 11) is 4.67. The van der Waals surface area contributed by atoms with E-state index in [0.717, 1.165) is 23.1 Å². The number of pyridine rings is 1. The summed E-state index contributed by atoms with van der Waals surface area (Å²) in [6, 6.07) is 9.03. The van der Waals surface area contributed by atoms with E-state index in [9.17, 15) is 4.79 Å². The SMILES string of the molecule is COc1ccc(C)c(OC)c1SNC(=O)c1ccc(Cn2cccn2)c(OC)n1. The maximum Gasteiger partial charge on any atom is 0.280 e. The van der Waals surface area contributed by atoms with Gasteiger partial charge < -0.3 is 14.2 Å². The molecule has 2 aromatic heterocycles. The van der Waals surface area contributed by atoms with E-state index in [-0.39, 0.29) is 11.6 Å². The van der Waals surface area contributed by atoms with Crippen LogP contribution < -0.4 is 18.9 Å². The molecular formula is C20H22N4O4S. The van der Waals surface area contributed by atoms with E-state index in [2.05, 4.69) is 14.8 Å². The average Bonchev–Trinajstić information content (AvgIpc) is 3.25. The lowest BCUT2D eigenvalue weighted by molar-refractivity contribution is 0.0978. The summed E-state index contributed by atoms with van der Waals surface area (Å²) in [6.07, 6.45) is 3.55. The van der Waals surface area contributed by atoms with Crippen molar-refractivity contribution in [1.29, 1.82) is 0 Å². The fraction of sp³-hybridized carbons (Fsp3) is 0.250. The molecule has 0 spiro atoms. The standard InChI is InChI=1S/C20H22N4O4S/c1-13-6-9-16(26-2)18(17(13)27-3)29-23-19(25)15-8-7-14(20(22-15)28-4)12-24-11-5-10-21-24/h5-11H,12H2,1-4H3,(H,23,25). The smallest absolute Gasteiger partial charge is 0.280 e. The van der Waals surface area contributed by atoms with Gasteiger partial charge in [0.1, 0.15) is 22.1 Å². The van der Waals surface area contributed by atoms with Crippen molar-refractivity contribution < 1.29 is 19.0 Å². The number of benzene rings is 1. The van der Waals surface area contributed by atoms with Crippen LogP contribution in [0.1, 0.15) is 21.6 Å². The van der Waals surface area contributed by atoms with Gasteiger partial charge in [-0.3, -0.25) is 14.2 Å². The number of ether oxygens (including phenoxy) is 3. The normalized spacial score (nSPS) is 10.5. The number of methoxy groups -OCH3 is 3. The number of aryl methyl sites for hydroxylation is 1. The first kappa shape index (κ1) is 20.5. The Bertz CT molecular complexity index is 992. The predicted octanol–water partition coefficient (Wildman–Crippen LogP) is 3.10. The largest absolute Gasteiger partial charge is 0.495 e. The van der Waals surface area contributed by atoms with Crippen molar-refractivity contribution in [2.24, 2.45) is 0 Å². The highest BCUT2D eigenvalue weighted by atomic mass is 32.2. The quantitative estimate of drug-likeness (QED) is 0.567. The van der Waals surface area contributed by atoms with E-state index in [1.807, 2.05) is 31.3 Å². The number of carbonyl (C=O) groups is 1. The highest BCUT2D eigenvalue weighted by molar-refractivity contribution is 7.98. The second-order valence-electron chi connectivity index (χ2n) is 6.05. The summed E-state index contributed by atoms with van der Waals surface area (Å²) in [5.74, 6) is 1.28. The lowest BCUT2D eigenvalue weighted by atomic mass is 10.2. The Kier molecular flexibility index (Phi) is 6.61. The first-order valence-corrected chi connectivity index (χ1v) is 9.59. The molecule has 0 aliphatic rings. The van der Waals surface area contributed by atoms with Crippen molar-refractivity contribution in [2.45, 2.75) is 18.4 Å². The first-order chi connectivity index (χ1) is 14.1. The van der Waals surface area contributed by atoms with Gasteiger partial charge >= 0.3 is 0 Å². The highest BCUT2D eigenvalue weighted by Gasteiger charge is 2.17. The molecule has 152 valence electrons. The van der Waals surface area contributed by atoms with E-state index in [1.54, 1.807) is 37.2 Å². The van der Waals surface area contributed by atoms with Crippen LogP contribution in [0.4, 0.5) is 0 Å². The van der Waals surface area contributed by atoms with Gasteiger partial charge in [-0.05, 0) is 48.7 Å². The monoisotopic (exact) mass is 414 g/mol. The van der Waals surface area contributed by atoms with Gasteiger partial charge in [0.25, 0.3) is 5.91 Å². The molecular weight excluding hydrogens is 392 g/mol. The molecule has 0 fully saturated rings. The zero-order valence-corrected chi connectivity index (χ0v) is 17.4. The minimum atomic E-state index is -0.357. The number of amides is 1. The number of carbonyl (C=O) groups excluding carboxylic acids is 1. The van der Waals surface area contributed by atoms with Crippen molar-refractivity contribution in [3.8, 4) is 17.4 Å². The van der Waals surface area contributed by atoms with Crippen molar-refractivity contribution in [3.63, 3.8) is 0 Å². The molecule has 29 heavy (non-hydrogen) atoms. The van der Waals surface area contributed by atoms with E-state index >= 15 is 0 Å². The molecule has 2 heterocycles. The number of nitrogens with one attached hydrogen (secondary N) is 1. The van der Waals surface area contributed by atoms with Crippen LogP contribution in [0.15, 0.2) is 47.6 Å². The van der Waals surface area contributed by atoms with Crippen molar-refractivity contribution in [1.82, 2.24) is 19.5 Å². The molecule has 0 saturated heterocycles. The Morgan fingerprint density at radius 1 is 1.14 bits per heavy atom. The summed E-state index contributed by atoms with van der Waals surface area (Å²) >= 11 is 1.12. The Morgan fingerprint density at radius 2 is 1.97 bits per heavy atom. The van der Waals surface area contributed by atoms with Gasteiger partial charge in [-0.15, -0.1) is 0 Å². The van der Waals surface area contributed by atoms with E-state index in [0.29, 0.717) is 28.8 Å². The van der Waals surface area contributed by atoms with Gasteiger partial charge in [-0.1, -0.05) is 6.07 Å². The average molecular weight is 414 g/mol. The van der Waals surface area contributed by atoms with Gasteiger partial charge in [0, 0.05) is 18.0 Å². The maximum absolute atomic E-state index is 12.6. The molecule has 0 aliphatic carbocycles. The third-order valence-corrected chi connectivity index (χ3v) is 5.08. The van der Waals surface area contributed by atoms with Crippen LogP contribution in [-0.4, -0.2) is 42.0 Å². The molecule has 9 heteroatoms. The second kappa shape index (κ2) is 9.33. The minimum absolute atomic E-state index is 0.240. The van der Waals surface area contributed by atoms with Crippen molar-refractivity contribution >= 4 is 17.9 Å².